The van der Waals surface area contributed by atoms with Gasteiger partial charge in [0.1, 0.15) is 17.3 Å². The third-order valence-electron chi connectivity index (χ3n) is 3.61. The fourth-order valence-corrected chi connectivity index (χ4v) is 2.16. The van der Waals surface area contributed by atoms with Gasteiger partial charge in [-0.2, -0.15) is 0 Å². The number of methoxy groups -OCH3 is 2. The van der Waals surface area contributed by atoms with Crippen molar-refractivity contribution in [2.24, 2.45) is 0 Å². The fourth-order valence-electron chi connectivity index (χ4n) is 2.16. The Morgan fingerprint density at radius 2 is 1.78 bits per heavy atom. The number of hydrogen-bond acceptors (Lipinski definition) is 5. The second kappa shape index (κ2) is 9.38. The van der Waals surface area contributed by atoms with Gasteiger partial charge in [0.25, 0.3) is 5.91 Å². The van der Waals surface area contributed by atoms with Gasteiger partial charge in [0.2, 0.25) is 0 Å². The SMILES string of the molecule is COc1ccc(/C=C/C(=O)OC(C)C(=O)Nc2ccc(F)cc2)c(OC)c1. The quantitative estimate of drug-likeness (QED) is 0.595. The van der Waals surface area contributed by atoms with Gasteiger partial charge in [0, 0.05) is 23.4 Å². The highest BCUT2D eigenvalue weighted by atomic mass is 19.1. The predicted molar refractivity (Wildman–Crippen MR) is 99.2 cm³/mol. The molecule has 27 heavy (non-hydrogen) atoms. The first-order valence-electron chi connectivity index (χ1n) is 8.10. The first kappa shape index (κ1) is 20.0. The molecule has 0 radical (unpaired) electrons. The van der Waals surface area contributed by atoms with Crippen LogP contribution in [0.2, 0.25) is 0 Å². The van der Waals surface area contributed by atoms with E-state index in [9.17, 15) is 14.0 Å². The zero-order valence-corrected chi connectivity index (χ0v) is 15.2. The lowest BCUT2D eigenvalue weighted by Gasteiger charge is -2.12. The van der Waals surface area contributed by atoms with Crippen LogP contribution in [0.4, 0.5) is 10.1 Å². The molecule has 0 bridgehead atoms. The summed E-state index contributed by atoms with van der Waals surface area (Å²) < 4.78 is 28.3. The summed E-state index contributed by atoms with van der Waals surface area (Å²) in [5, 5.41) is 2.54. The van der Waals surface area contributed by atoms with Gasteiger partial charge in [-0.3, -0.25) is 4.79 Å². The topological polar surface area (TPSA) is 73.9 Å². The minimum absolute atomic E-state index is 0.405. The Bertz CT molecular complexity index is 833. The number of ether oxygens (including phenoxy) is 3. The third kappa shape index (κ3) is 5.85. The molecule has 0 spiro atoms. The maximum Gasteiger partial charge on any atom is 0.331 e. The Balaban J connectivity index is 1.95. The second-order valence-corrected chi connectivity index (χ2v) is 5.52. The van der Waals surface area contributed by atoms with Crippen LogP contribution >= 0.6 is 0 Å². The molecule has 2 aromatic rings. The van der Waals surface area contributed by atoms with E-state index in [1.54, 1.807) is 25.3 Å². The van der Waals surface area contributed by atoms with E-state index in [1.807, 2.05) is 0 Å². The number of anilines is 1. The molecule has 1 N–H and O–H groups in total. The van der Waals surface area contributed by atoms with Gasteiger partial charge in [-0.15, -0.1) is 0 Å². The van der Waals surface area contributed by atoms with Crippen molar-refractivity contribution in [1.29, 1.82) is 0 Å². The third-order valence-corrected chi connectivity index (χ3v) is 3.61. The molecule has 0 saturated heterocycles. The number of nitrogens with one attached hydrogen (secondary N) is 1. The van der Waals surface area contributed by atoms with Crippen molar-refractivity contribution in [2.75, 3.05) is 19.5 Å². The van der Waals surface area contributed by atoms with Gasteiger partial charge in [0.05, 0.1) is 14.2 Å². The standard InChI is InChI=1S/C20H20FNO5/c1-13(20(24)22-16-8-6-15(21)7-9-16)27-19(23)11-5-14-4-10-17(25-2)12-18(14)26-3/h4-13H,1-3H3,(H,22,24)/b11-5+. The maximum absolute atomic E-state index is 12.9. The first-order chi connectivity index (χ1) is 12.9. The van der Waals surface area contributed by atoms with Crippen LogP contribution in [-0.4, -0.2) is 32.2 Å². The molecule has 0 fully saturated rings. The molecule has 1 atom stereocenters. The van der Waals surface area contributed by atoms with Crippen LogP contribution in [0.3, 0.4) is 0 Å². The Morgan fingerprint density at radius 1 is 1.07 bits per heavy atom. The number of benzene rings is 2. The maximum atomic E-state index is 12.9. The van der Waals surface area contributed by atoms with Gasteiger partial charge >= 0.3 is 5.97 Å². The van der Waals surface area contributed by atoms with Crippen LogP contribution in [0.25, 0.3) is 6.08 Å². The Labute approximate surface area is 156 Å². The summed E-state index contributed by atoms with van der Waals surface area (Å²) in [5.74, 6) is -0.468. The molecule has 2 rings (SSSR count). The Kier molecular flexibility index (Phi) is 6.93. The monoisotopic (exact) mass is 373 g/mol. The van der Waals surface area contributed by atoms with Gasteiger partial charge in [-0.05, 0) is 49.4 Å². The summed E-state index contributed by atoms with van der Waals surface area (Å²) in [6.45, 7) is 1.44. The normalized spacial score (nSPS) is 11.7. The number of carbonyl (C=O) groups excluding carboxylic acids is 2. The summed E-state index contributed by atoms with van der Waals surface area (Å²) in [6, 6.07) is 10.4. The van der Waals surface area contributed by atoms with E-state index in [0.717, 1.165) is 0 Å². The second-order valence-electron chi connectivity index (χ2n) is 5.52. The van der Waals surface area contributed by atoms with Crippen LogP contribution in [0, 0.1) is 5.82 Å². The van der Waals surface area contributed by atoms with E-state index in [-0.39, 0.29) is 0 Å². The van der Waals surface area contributed by atoms with Gasteiger partial charge in [0.15, 0.2) is 6.10 Å². The van der Waals surface area contributed by atoms with E-state index >= 15 is 0 Å². The molecule has 1 unspecified atom stereocenters. The van der Waals surface area contributed by atoms with Crippen molar-refractivity contribution in [3.63, 3.8) is 0 Å². The van der Waals surface area contributed by atoms with Crippen LogP contribution in [0.15, 0.2) is 48.5 Å². The van der Waals surface area contributed by atoms with Crippen LogP contribution < -0.4 is 14.8 Å². The van der Waals surface area contributed by atoms with Crippen molar-refractivity contribution in [1.82, 2.24) is 0 Å². The lowest BCUT2D eigenvalue weighted by Crippen LogP contribution is -2.29. The minimum Gasteiger partial charge on any atom is -0.497 e. The molecule has 0 heterocycles. The van der Waals surface area contributed by atoms with Crippen molar-refractivity contribution < 1.29 is 28.2 Å². The number of esters is 1. The molecule has 142 valence electrons. The van der Waals surface area contributed by atoms with Crippen LogP contribution in [-0.2, 0) is 14.3 Å². The lowest BCUT2D eigenvalue weighted by molar-refractivity contribution is -0.148. The lowest BCUT2D eigenvalue weighted by atomic mass is 10.1. The highest BCUT2D eigenvalue weighted by Crippen LogP contribution is 2.25. The molecule has 0 aliphatic rings. The summed E-state index contributed by atoms with van der Waals surface area (Å²) >= 11 is 0. The van der Waals surface area contributed by atoms with Gasteiger partial charge in [-0.25, -0.2) is 9.18 Å². The zero-order valence-electron chi connectivity index (χ0n) is 15.2. The van der Waals surface area contributed by atoms with E-state index in [0.29, 0.717) is 22.7 Å². The van der Waals surface area contributed by atoms with Crippen LogP contribution in [0.1, 0.15) is 12.5 Å². The van der Waals surface area contributed by atoms with E-state index < -0.39 is 23.8 Å². The van der Waals surface area contributed by atoms with E-state index in [4.69, 9.17) is 14.2 Å². The Morgan fingerprint density at radius 3 is 2.41 bits per heavy atom. The van der Waals surface area contributed by atoms with Crippen molar-refractivity contribution >= 4 is 23.6 Å². The summed E-state index contributed by atoms with van der Waals surface area (Å²) in [4.78, 5) is 24.0. The smallest absolute Gasteiger partial charge is 0.331 e. The molecule has 2 aromatic carbocycles. The Hall–Kier alpha value is -3.35. The van der Waals surface area contributed by atoms with E-state index in [2.05, 4.69) is 5.32 Å². The summed E-state index contributed by atoms with van der Waals surface area (Å²) in [6.07, 6.45) is 1.70. The summed E-state index contributed by atoms with van der Waals surface area (Å²) in [5.41, 5.74) is 1.06. The average Bonchev–Trinajstić information content (AvgIpc) is 2.67. The number of halogens is 1. The number of hydrogen-bond donors (Lipinski definition) is 1. The molecule has 0 saturated carbocycles. The van der Waals surface area contributed by atoms with Crippen molar-refractivity contribution in [3.05, 3.63) is 59.9 Å². The summed E-state index contributed by atoms with van der Waals surface area (Å²) in [7, 11) is 3.05. The average molecular weight is 373 g/mol. The van der Waals surface area contributed by atoms with Crippen LogP contribution in [0.5, 0.6) is 11.5 Å². The number of rotatable bonds is 7. The largest absolute Gasteiger partial charge is 0.497 e. The highest BCUT2D eigenvalue weighted by Gasteiger charge is 2.16. The fraction of sp³-hybridized carbons (Fsp3) is 0.200. The minimum atomic E-state index is -1.02. The molecule has 7 heteroatoms. The molecule has 1 amide bonds. The van der Waals surface area contributed by atoms with Gasteiger partial charge in [-0.1, -0.05) is 0 Å². The van der Waals surface area contributed by atoms with Crippen molar-refractivity contribution in [2.45, 2.75) is 13.0 Å². The molecular formula is C20H20FNO5. The highest BCUT2D eigenvalue weighted by molar-refractivity contribution is 5.96. The van der Waals surface area contributed by atoms with Gasteiger partial charge < -0.3 is 19.5 Å². The van der Waals surface area contributed by atoms with E-state index in [1.165, 1.54) is 50.5 Å². The molecule has 0 aromatic heterocycles. The molecule has 0 aliphatic carbocycles. The predicted octanol–water partition coefficient (Wildman–Crippen LogP) is 3.43. The molecule has 6 nitrogen and oxygen atoms in total. The zero-order chi connectivity index (χ0) is 19.8. The number of amides is 1. The molecular weight excluding hydrogens is 353 g/mol. The van der Waals surface area contributed by atoms with Crippen molar-refractivity contribution in [3.8, 4) is 11.5 Å². The number of carbonyl (C=O) groups is 2. The first-order valence-corrected chi connectivity index (χ1v) is 8.10. The molecule has 0 aliphatic heterocycles.